The molecule has 0 radical (unpaired) electrons. The van der Waals surface area contributed by atoms with Crippen molar-refractivity contribution in [2.24, 2.45) is 0 Å². The van der Waals surface area contributed by atoms with Gasteiger partial charge in [-0.1, -0.05) is 0 Å². The van der Waals surface area contributed by atoms with Gasteiger partial charge in [0.2, 0.25) is 5.91 Å². The van der Waals surface area contributed by atoms with Crippen LogP contribution in [-0.2, 0) is 9.53 Å². The van der Waals surface area contributed by atoms with Crippen LogP contribution in [0.1, 0.15) is 20.3 Å². The zero-order chi connectivity index (χ0) is 18.2. The summed E-state index contributed by atoms with van der Waals surface area (Å²) in [5, 5.41) is 2.83. The number of rotatable bonds is 9. The van der Waals surface area contributed by atoms with Crippen LogP contribution >= 0.6 is 0 Å². The van der Waals surface area contributed by atoms with E-state index < -0.39 is 0 Å². The molecule has 0 spiro atoms. The summed E-state index contributed by atoms with van der Waals surface area (Å²) in [7, 11) is 1.60. The predicted molar refractivity (Wildman–Crippen MR) is 96.0 cm³/mol. The molecule has 1 aromatic rings. The van der Waals surface area contributed by atoms with Crippen molar-refractivity contribution in [2.45, 2.75) is 26.4 Å². The fourth-order valence-electron chi connectivity index (χ4n) is 2.58. The first-order valence-electron chi connectivity index (χ1n) is 8.60. The van der Waals surface area contributed by atoms with E-state index in [9.17, 15) is 9.59 Å². The lowest BCUT2D eigenvalue weighted by atomic mass is 10.3. The molecular weight excluding hydrogens is 322 g/mol. The third kappa shape index (κ3) is 5.63. The molecule has 25 heavy (non-hydrogen) atoms. The van der Waals surface area contributed by atoms with Crippen molar-refractivity contribution in [3.05, 3.63) is 24.3 Å². The fraction of sp³-hybridized carbons (Fsp3) is 0.556. The van der Waals surface area contributed by atoms with Crippen LogP contribution in [0.15, 0.2) is 24.3 Å². The third-order valence-corrected chi connectivity index (χ3v) is 3.91. The number of nitrogens with zero attached hydrogens (tertiary/aromatic N) is 2. The number of anilines is 1. The SMILES string of the molecule is COc1ccc(N2CCN(CC(=O)NCCCOC(C)C)C2=O)cc1. The summed E-state index contributed by atoms with van der Waals surface area (Å²) in [6, 6.07) is 7.17. The van der Waals surface area contributed by atoms with Crippen molar-refractivity contribution < 1.29 is 19.1 Å². The van der Waals surface area contributed by atoms with Crippen molar-refractivity contribution in [1.82, 2.24) is 10.2 Å². The Morgan fingerprint density at radius 3 is 2.60 bits per heavy atom. The van der Waals surface area contributed by atoms with Gasteiger partial charge in [0.05, 0.1) is 13.2 Å². The molecule has 0 aliphatic carbocycles. The lowest BCUT2D eigenvalue weighted by molar-refractivity contribution is -0.121. The number of urea groups is 1. The van der Waals surface area contributed by atoms with Crippen LogP contribution in [0, 0.1) is 0 Å². The van der Waals surface area contributed by atoms with E-state index in [4.69, 9.17) is 9.47 Å². The zero-order valence-electron chi connectivity index (χ0n) is 15.2. The molecule has 1 saturated heterocycles. The largest absolute Gasteiger partial charge is 0.497 e. The molecule has 0 unspecified atom stereocenters. The minimum absolute atomic E-state index is 0.0799. The van der Waals surface area contributed by atoms with Gasteiger partial charge in [-0.2, -0.15) is 0 Å². The van der Waals surface area contributed by atoms with Gasteiger partial charge in [0, 0.05) is 31.9 Å². The van der Waals surface area contributed by atoms with Gasteiger partial charge in [0.1, 0.15) is 12.3 Å². The highest BCUT2D eigenvalue weighted by Gasteiger charge is 2.30. The summed E-state index contributed by atoms with van der Waals surface area (Å²) in [4.78, 5) is 27.7. The number of benzene rings is 1. The molecule has 7 nitrogen and oxygen atoms in total. The Morgan fingerprint density at radius 1 is 1.24 bits per heavy atom. The molecule has 138 valence electrons. The summed E-state index contributed by atoms with van der Waals surface area (Å²) >= 11 is 0. The number of ether oxygens (including phenoxy) is 2. The normalized spacial score (nSPS) is 14.3. The standard InChI is InChI=1S/C18H27N3O4/c1-14(2)25-12-4-9-19-17(22)13-20-10-11-21(18(20)23)15-5-7-16(24-3)8-6-15/h5-8,14H,4,9-13H2,1-3H3,(H,19,22). The van der Waals surface area contributed by atoms with Crippen molar-refractivity contribution in [3.8, 4) is 5.75 Å². The first-order chi connectivity index (χ1) is 12.0. The monoisotopic (exact) mass is 349 g/mol. The molecule has 1 aliphatic rings. The molecule has 1 fully saturated rings. The lowest BCUT2D eigenvalue weighted by Crippen LogP contribution is -2.40. The van der Waals surface area contributed by atoms with Gasteiger partial charge >= 0.3 is 6.03 Å². The average molecular weight is 349 g/mol. The fourth-order valence-corrected chi connectivity index (χ4v) is 2.58. The molecule has 0 bridgehead atoms. The molecule has 2 rings (SSSR count). The average Bonchev–Trinajstić information content (AvgIpc) is 2.95. The highest BCUT2D eigenvalue weighted by molar-refractivity contribution is 5.96. The molecule has 0 aromatic heterocycles. The van der Waals surface area contributed by atoms with E-state index in [2.05, 4.69) is 5.32 Å². The van der Waals surface area contributed by atoms with Gasteiger partial charge in [0.25, 0.3) is 0 Å². The Morgan fingerprint density at radius 2 is 1.96 bits per heavy atom. The van der Waals surface area contributed by atoms with Gasteiger partial charge < -0.3 is 19.7 Å². The van der Waals surface area contributed by atoms with Gasteiger partial charge in [-0.05, 0) is 44.5 Å². The Balaban J connectivity index is 1.76. The van der Waals surface area contributed by atoms with Crippen molar-refractivity contribution in [3.63, 3.8) is 0 Å². The van der Waals surface area contributed by atoms with E-state index in [-0.39, 0.29) is 24.6 Å². The maximum atomic E-state index is 12.5. The number of hydrogen-bond acceptors (Lipinski definition) is 4. The number of amides is 3. The second-order valence-corrected chi connectivity index (χ2v) is 6.18. The maximum Gasteiger partial charge on any atom is 0.325 e. The molecule has 7 heteroatoms. The van der Waals surface area contributed by atoms with E-state index in [1.54, 1.807) is 16.9 Å². The van der Waals surface area contributed by atoms with Crippen molar-refractivity contribution in [2.75, 3.05) is 44.8 Å². The van der Waals surface area contributed by atoms with Gasteiger partial charge in [-0.15, -0.1) is 0 Å². The zero-order valence-corrected chi connectivity index (χ0v) is 15.2. The van der Waals surface area contributed by atoms with E-state index in [1.807, 2.05) is 38.1 Å². The Bertz CT molecular complexity index is 574. The first-order valence-corrected chi connectivity index (χ1v) is 8.60. The van der Waals surface area contributed by atoms with Gasteiger partial charge in [-0.25, -0.2) is 4.79 Å². The molecule has 0 atom stereocenters. The number of methoxy groups -OCH3 is 1. The smallest absolute Gasteiger partial charge is 0.325 e. The summed E-state index contributed by atoms with van der Waals surface area (Å²) in [6.45, 7) is 6.31. The topological polar surface area (TPSA) is 71.1 Å². The minimum Gasteiger partial charge on any atom is -0.497 e. The Kier molecular flexibility index (Phi) is 7.06. The molecule has 1 N–H and O–H groups in total. The summed E-state index contributed by atoms with van der Waals surface area (Å²) < 4.78 is 10.5. The Labute approximate surface area is 148 Å². The van der Waals surface area contributed by atoms with Crippen LogP contribution in [0.5, 0.6) is 5.75 Å². The quantitative estimate of drug-likeness (QED) is 0.691. The summed E-state index contributed by atoms with van der Waals surface area (Å²) in [5.74, 6) is 0.600. The highest BCUT2D eigenvalue weighted by Crippen LogP contribution is 2.22. The van der Waals surface area contributed by atoms with Gasteiger partial charge in [-0.3, -0.25) is 9.69 Å². The van der Waals surface area contributed by atoms with E-state index in [0.717, 1.165) is 17.9 Å². The number of carbonyl (C=O) groups is 2. The van der Waals surface area contributed by atoms with Crippen LogP contribution in [0.4, 0.5) is 10.5 Å². The van der Waals surface area contributed by atoms with Crippen LogP contribution in [-0.4, -0.2) is 62.8 Å². The number of hydrogen-bond donors (Lipinski definition) is 1. The highest BCUT2D eigenvalue weighted by atomic mass is 16.5. The van der Waals surface area contributed by atoms with Crippen LogP contribution in [0.25, 0.3) is 0 Å². The first kappa shape index (κ1) is 19.1. The number of carbonyl (C=O) groups excluding carboxylic acids is 2. The molecular formula is C18H27N3O4. The maximum absolute atomic E-state index is 12.5. The molecule has 3 amide bonds. The number of nitrogens with one attached hydrogen (secondary N) is 1. The van der Waals surface area contributed by atoms with Crippen molar-refractivity contribution in [1.29, 1.82) is 0 Å². The summed E-state index contributed by atoms with van der Waals surface area (Å²) in [5.41, 5.74) is 0.805. The van der Waals surface area contributed by atoms with Crippen LogP contribution in [0.2, 0.25) is 0 Å². The molecule has 1 heterocycles. The van der Waals surface area contributed by atoms with Gasteiger partial charge in [0.15, 0.2) is 0 Å². The van der Waals surface area contributed by atoms with E-state index >= 15 is 0 Å². The second kappa shape index (κ2) is 9.27. The second-order valence-electron chi connectivity index (χ2n) is 6.18. The predicted octanol–water partition coefficient (Wildman–Crippen LogP) is 1.87. The van der Waals surface area contributed by atoms with E-state index in [0.29, 0.717) is 26.2 Å². The molecule has 0 saturated carbocycles. The van der Waals surface area contributed by atoms with Crippen LogP contribution < -0.4 is 15.0 Å². The lowest BCUT2D eigenvalue weighted by Gasteiger charge is -2.18. The summed E-state index contributed by atoms with van der Waals surface area (Å²) in [6.07, 6.45) is 0.956. The third-order valence-electron chi connectivity index (χ3n) is 3.91. The van der Waals surface area contributed by atoms with E-state index in [1.165, 1.54) is 0 Å². The molecule has 1 aliphatic heterocycles. The molecule has 1 aromatic carbocycles. The van der Waals surface area contributed by atoms with Crippen molar-refractivity contribution >= 4 is 17.6 Å². The minimum atomic E-state index is -0.150. The Hall–Kier alpha value is -2.28. The van der Waals surface area contributed by atoms with Crippen LogP contribution in [0.3, 0.4) is 0 Å².